The highest BCUT2D eigenvalue weighted by atomic mass is 16.5. The number of benzene rings is 1. The minimum Gasteiger partial charge on any atom is -0.339 e. The first-order valence-electron chi connectivity index (χ1n) is 12.2. The first kappa shape index (κ1) is 22.6. The summed E-state index contributed by atoms with van der Waals surface area (Å²) >= 11 is 0. The van der Waals surface area contributed by atoms with E-state index >= 15 is 0 Å². The minimum atomic E-state index is -0.101. The Labute approximate surface area is 199 Å². The van der Waals surface area contributed by atoms with Gasteiger partial charge in [0.25, 0.3) is 11.6 Å². The molecule has 1 saturated heterocycles. The molecule has 0 bridgehead atoms. The summed E-state index contributed by atoms with van der Waals surface area (Å²) < 4.78 is 5.61. The van der Waals surface area contributed by atoms with Crippen LogP contribution in [0.25, 0.3) is 11.1 Å². The van der Waals surface area contributed by atoms with E-state index in [-0.39, 0.29) is 23.1 Å². The maximum atomic E-state index is 13.7. The van der Waals surface area contributed by atoms with Gasteiger partial charge in [0.15, 0.2) is 0 Å². The third-order valence-electron chi connectivity index (χ3n) is 6.66. The average molecular weight is 461 g/mol. The fourth-order valence-corrected chi connectivity index (χ4v) is 4.69. The van der Waals surface area contributed by atoms with Crippen molar-refractivity contribution in [2.45, 2.75) is 58.8 Å². The number of likely N-dealkylation sites (tertiary alicyclic amines) is 1. The van der Waals surface area contributed by atoms with Crippen LogP contribution in [-0.4, -0.2) is 39.9 Å². The number of hydrogen-bond acceptors (Lipinski definition) is 5. The molecule has 2 amide bonds. The van der Waals surface area contributed by atoms with Crippen LogP contribution >= 0.6 is 0 Å². The van der Waals surface area contributed by atoms with Crippen LogP contribution < -0.4 is 5.32 Å². The smallest absolute Gasteiger partial charge is 0.259 e. The Bertz CT molecular complexity index is 1200. The number of nitrogens with zero attached hydrogens (tertiary/aromatic N) is 3. The molecule has 2 aliphatic rings. The number of rotatable bonds is 5. The van der Waals surface area contributed by atoms with Crippen molar-refractivity contribution in [1.82, 2.24) is 15.0 Å². The SMILES string of the molecule is CC(C)(C)Cc1noc2nc(C3CC3)cc(C(=O)N3CCC(C(=O)Nc4ccccc4)CC3)c12. The normalized spacial score (nSPS) is 17.2. The number of para-hydroxylation sites is 1. The topological polar surface area (TPSA) is 88.3 Å². The fraction of sp³-hybridized carbons (Fsp3) is 0.481. The predicted molar refractivity (Wildman–Crippen MR) is 131 cm³/mol. The Morgan fingerprint density at radius 3 is 2.44 bits per heavy atom. The molecule has 2 fully saturated rings. The van der Waals surface area contributed by atoms with Gasteiger partial charge < -0.3 is 14.7 Å². The molecule has 178 valence electrons. The quantitative estimate of drug-likeness (QED) is 0.567. The van der Waals surface area contributed by atoms with E-state index in [0.29, 0.717) is 49.5 Å². The zero-order valence-corrected chi connectivity index (χ0v) is 20.1. The number of amides is 2. The van der Waals surface area contributed by atoms with E-state index in [4.69, 9.17) is 9.51 Å². The highest BCUT2D eigenvalue weighted by molar-refractivity contribution is 6.06. The molecule has 0 unspecified atom stereocenters. The van der Waals surface area contributed by atoms with E-state index in [2.05, 4.69) is 31.2 Å². The van der Waals surface area contributed by atoms with Gasteiger partial charge in [-0.05, 0) is 55.7 Å². The molecular weight excluding hydrogens is 428 g/mol. The van der Waals surface area contributed by atoms with Gasteiger partial charge in [0.05, 0.1) is 16.6 Å². The first-order valence-corrected chi connectivity index (χ1v) is 12.2. The Balaban J connectivity index is 1.35. The Kier molecular flexibility index (Phi) is 5.88. The largest absolute Gasteiger partial charge is 0.339 e. The zero-order chi connectivity index (χ0) is 23.9. The summed E-state index contributed by atoms with van der Waals surface area (Å²) in [5.74, 6) is 0.303. The second-order valence-corrected chi connectivity index (χ2v) is 10.8. The van der Waals surface area contributed by atoms with E-state index in [0.717, 1.165) is 35.3 Å². The lowest BCUT2D eigenvalue weighted by atomic mass is 9.89. The third-order valence-corrected chi connectivity index (χ3v) is 6.66. The summed E-state index contributed by atoms with van der Waals surface area (Å²) in [6, 6.07) is 11.5. The number of piperidine rings is 1. The summed E-state index contributed by atoms with van der Waals surface area (Å²) in [4.78, 5) is 33.0. The van der Waals surface area contributed by atoms with Crippen molar-refractivity contribution in [2.75, 3.05) is 18.4 Å². The lowest BCUT2D eigenvalue weighted by Crippen LogP contribution is -2.41. The van der Waals surface area contributed by atoms with Crippen molar-refractivity contribution in [2.24, 2.45) is 11.3 Å². The van der Waals surface area contributed by atoms with Crippen LogP contribution in [0.3, 0.4) is 0 Å². The first-order chi connectivity index (χ1) is 16.3. The lowest BCUT2D eigenvalue weighted by molar-refractivity contribution is -0.121. The molecule has 7 nitrogen and oxygen atoms in total. The second-order valence-electron chi connectivity index (χ2n) is 10.8. The van der Waals surface area contributed by atoms with Gasteiger partial charge in [-0.2, -0.15) is 0 Å². The van der Waals surface area contributed by atoms with Gasteiger partial charge in [-0.15, -0.1) is 0 Å². The number of nitrogens with one attached hydrogen (secondary N) is 1. The summed E-state index contributed by atoms with van der Waals surface area (Å²) in [6.07, 6.45) is 4.18. The highest BCUT2D eigenvalue weighted by Gasteiger charge is 2.33. The van der Waals surface area contributed by atoms with Crippen molar-refractivity contribution in [3.8, 4) is 0 Å². The molecule has 5 rings (SSSR count). The lowest BCUT2D eigenvalue weighted by Gasteiger charge is -2.31. The Hall–Kier alpha value is -3.22. The van der Waals surface area contributed by atoms with E-state index in [9.17, 15) is 9.59 Å². The molecule has 3 heterocycles. The molecule has 7 heteroatoms. The maximum absolute atomic E-state index is 13.7. The van der Waals surface area contributed by atoms with Gasteiger partial charge in [-0.1, -0.05) is 44.1 Å². The van der Waals surface area contributed by atoms with Crippen molar-refractivity contribution < 1.29 is 14.1 Å². The molecule has 0 atom stereocenters. The van der Waals surface area contributed by atoms with Gasteiger partial charge >= 0.3 is 0 Å². The van der Waals surface area contributed by atoms with Crippen LogP contribution in [0.2, 0.25) is 0 Å². The molecule has 1 aliphatic heterocycles. The van der Waals surface area contributed by atoms with Crippen molar-refractivity contribution in [3.05, 3.63) is 53.3 Å². The zero-order valence-electron chi connectivity index (χ0n) is 20.1. The molecule has 1 aromatic carbocycles. The highest BCUT2D eigenvalue weighted by Crippen LogP contribution is 2.41. The molecule has 1 aliphatic carbocycles. The molecule has 0 spiro atoms. The van der Waals surface area contributed by atoms with Gasteiger partial charge in [0.2, 0.25) is 5.91 Å². The van der Waals surface area contributed by atoms with E-state index in [1.807, 2.05) is 41.3 Å². The van der Waals surface area contributed by atoms with Crippen molar-refractivity contribution in [3.63, 3.8) is 0 Å². The monoisotopic (exact) mass is 460 g/mol. The number of aromatic nitrogens is 2. The van der Waals surface area contributed by atoms with Gasteiger partial charge in [0.1, 0.15) is 0 Å². The number of hydrogen-bond donors (Lipinski definition) is 1. The summed E-state index contributed by atoms with van der Waals surface area (Å²) in [6.45, 7) is 7.53. The standard InChI is InChI=1S/C27H32N4O3/c1-27(2,3)16-22-23-20(15-21(17-9-10-17)29-25(23)34-30-22)26(33)31-13-11-18(12-14-31)24(32)28-19-7-5-4-6-8-19/h4-8,15,17-18H,9-14,16H2,1-3H3,(H,28,32). The summed E-state index contributed by atoms with van der Waals surface area (Å²) in [5, 5.41) is 8.04. The van der Waals surface area contributed by atoms with E-state index < -0.39 is 0 Å². The molecule has 2 aromatic heterocycles. The van der Waals surface area contributed by atoms with E-state index in [1.165, 1.54) is 0 Å². The molecule has 0 radical (unpaired) electrons. The van der Waals surface area contributed by atoms with Crippen LogP contribution in [0.15, 0.2) is 40.9 Å². The third kappa shape index (κ3) is 4.83. The summed E-state index contributed by atoms with van der Waals surface area (Å²) in [5.41, 5.74) is 3.62. The van der Waals surface area contributed by atoms with Crippen LogP contribution in [0.4, 0.5) is 5.69 Å². The van der Waals surface area contributed by atoms with Crippen LogP contribution in [0.1, 0.15) is 74.1 Å². The average Bonchev–Trinajstić information content (AvgIpc) is 3.60. The molecule has 3 aromatic rings. The van der Waals surface area contributed by atoms with Crippen LogP contribution in [-0.2, 0) is 11.2 Å². The molecule has 34 heavy (non-hydrogen) atoms. The number of carbonyl (C=O) groups is 2. The maximum Gasteiger partial charge on any atom is 0.259 e. The van der Waals surface area contributed by atoms with Crippen LogP contribution in [0, 0.1) is 11.3 Å². The number of fused-ring (bicyclic) bond motifs is 1. The van der Waals surface area contributed by atoms with Gasteiger partial charge in [0, 0.05) is 36.3 Å². The number of carbonyl (C=O) groups excluding carboxylic acids is 2. The Morgan fingerprint density at radius 1 is 1.09 bits per heavy atom. The van der Waals surface area contributed by atoms with Crippen molar-refractivity contribution >= 4 is 28.6 Å². The molecular formula is C27H32N4O3. The van der Waals surface area contributed by atoms with Crippen molar-refractivity contribution in [1.29, 1.82) is 0 Å². The number of pyridine rings is 1. The van der Waals surface area contributed by atoms with E-state index in [1.54, 1.807) is 0 Å². The predicted octanol–water partition coefficient (Wildman–Crippen LogP) is 5.18. The fourth-order valence-electron chi connectivity index (χ4n) is 4.69. The second kappa shape index (κ2) is 8.85. The van der Waals surface area contributed by atoms with Gasteiger partial charge in [-0.3, -0.25) is 9.59 Å². The van der Waals surface area contributed by atoms with Gasteiger partial charge in [-0.25, -0.2) is 4.98 Å². The molecule has 1 N–H and O–H groups in total. The Morgan fingerprint density at radius 2 is 1.79 bits per heavy atom. The summed E-state index contributed by atoms with van der Waals surface area (Å²) in [7, 11) is 0. The number of anilines is 1. The minimum absolute atomic E-state index is 0.00372. The molecule has 1 saturated carbocycles. The van der Waals surface area contributed by atoms with Crippen LogP contribution in [0.5, 0.6) is 0 Å².